The molecule has 0 aliphatic heterocycles. The lowest BCUT2D eigenvalue weighted by molar-refractivity contribution is -0.122. The molecule has 0 fully saturated rings. The van der Waals surface area contributed by atoms with Gasteiger partial charge in [-0.25, -0.2) is 9.78 Å². The van der Waals surface area contributed by atoms with Gasteiger partial charge in [0.2, 0.25) is 11.8 Å². The molecule has 1 aliphatic carbocycles. The molecule has 0 bridgehead atoms. The smallest absolute Gasteiger partial charge is 0.320 e. The van der Waals surface area contributed by atoms with Crippen LogP contribution in [0.2, 0.25) is 0 Å². The van der Waals surface area contributed by atoms with Crippen LogP contribution in [0.15, 0.2) is 42.1 Å². The fraction of sp³-hybridized carbons (Fsp3) is 0.294. The van der Waals surface area contributed by atoms with E-state index in [2.05, 4.69) is 15.6 Å². The molecule has 4 amide bonds. The molecule has 0 spiro atoms. The summed E-state index contributed by atoms with van der Waals surface area (Å²) >= 11 is 0. The number of pyridine rings is 1. The van der Waals surface area contributed by atoms with Crippen molar-refractivity contribution in [3.05, 3.63) is 47.7 Å². The van der Waals surface area contributed by atoms with Crippen molar-refractivity contribution >= 4 is 23.7 Å². The molecule has 1 aliphatic rings. The summed E-state index contributed by atoms with van der Waals surface area (Å²) in [5.41, 5.74) is 10.5. The predicted molar refractivity (Wildman–Crippen MR) is 93.4 cm³/mol. The number of carbonyl (C=O) groups excluding carboxylic acids is 3. The van der Waals surface area contributed by atoms with E-state index in [0.29, 0.717) is 17.0 Å². The van der Waals surface area contributed by atoms with Gasteiger partial charge >= 0.3 is 6.03 Å². The first-order chi connectivity index (χ1) is 11.7. The summed E-state index contributed by atoms with van der Waals surface area (Å²) in [5, 5.41) is 5.27. The molecule has 132 valence electrons. The van der Waals surface area contributed by atoms with Crippen LogP contribution in [0.3, 0.4) is 0 Å². The average molecular weight is 343 g/mol. The molecule has 0 aromatic carbocycles. The maximum absolute atomic E-state index is 12.1. The van der Waals surface area contributed by atoms with E-state index in [1.54, 1.807) is 30.4 Å². The van der Waals surface area contributed by atoms with E-state index in [9.17, 15) is 14.4 Å². The van der Waals surface area contributed by atoms with Crippen molar-refractivity contribution < 1.29 is 14.4 Å². The summed E-state index contributed by atoms with van der Waals surface area (Å²) in [7, 11) is 0. The van der Waals surface area contributed by atoms with Crippen molar-refractivity contribution in [3.63, 3.8) is 0 Å². The summed E-state index contributed by atoms with van der Waals surface area (Å²) in [6.45, 7) is 3.68. The first kappa shape index (κ1) is 18.2. The summed E-state index contributed by atoms with van der Waals surface area (Å²) in [6.07, 6.45) is 6.28. The van der Waals surface area contributed by atoms with Crippen LogP contribution in [0, 0.1) is 0 Å². The number of primary amides is 2. The van der Waals surface area contributed by atoms with E-state index in [1.165, 1.54) is 6.20 Å². The van der Waals surface area contributed by atoms with Crippen molar-refractivity contribution in [2.24, 2.45) is 11.5 Å². The van der Waals surface area contributed by atoms with Crippen LogP contribution in [-0.4, -0.2) is 28.9 Å². The summed E-state index contributed by atoms with van der Waals surface area (Å²) in [6, 6.07) is 2.81. The number of hydrogen-bond donors (Lipinski definition) is 4. The average Bonchev–Trinajstić information content (AvgIpc) is 2.54. The lowest BCUT2D eigenvalue weighted by atomic mass is 9.73. The number of hydrogen-bond acceptors (Lipinski definition) is 4. The summed E-state index contributed by atoms with van der Waals surface area (Å²) in [5.74, 6) is -0.894. The van der Waals surface area contributed by atoms with E-state index < -0.39 is 17.2 Å². The van der Waals surface area contributed by atoms with E-state index in [0.717, 1.165) is 0 Å². The Hall–Kier alpha value is -3.16. The highest BCUT2D eigenvalue weighted by Gasteiger charge is 2.39. The molecule has 25 heavy (non-hydrogen) atoms. The molecule has 0 radical (unpaired) electrons. The maximum Gasteiger partial charge on any atom is 0.320 e. The van der Waals surface area contributed by atoms with Crippen molar-refractivity contribution in [3.8, 4) is 0 Å². The number of carbonyl (C=O) groups is 3. The molecule has 2 rings (SSSR count). The number of rotatable bonds is 5. The second kappa shape index (κ2) is 7.16. The first-order valence-electron chi connectivity index (χ1n) is 7.77. The topological polar surface area (TPSA) is 140 Å². The number of anilines is 1. The third-order valence-electron chi connectivity index (χ3n) is 3.84. The van der Waals surface area contributed by atoms with Gasteiger partial charge in [-0.3, -0.25) is 14.9 Å². The van der Waals surface area contributed by atoms with Gasteiger partial charge in [0, 0.05) is 17.8 Å². The minimum absolute atomic E-state index is 0.0104. The molecular weight excluding hydrogens is 322 g/mol. The minimum atomic E-state index is -1.20. The van der Waals surface area contributed by atoms with E-state index in [4.69, 9.17) is 11.5 Å². The third kappa shape index (κ3) is 4.03. The molecule has 0 saturated heterocycles. The molecular formula is C17H21N5O3. The van der Waals surface area contributed by atoms with Gasteiger partial charge in [0.25, 0.3) is 0 Å². The third-order valence-corrected chi connectivity index (χ3v) is 3.84. The number of nitrogens with two attached hydrogens (primary N) is 2. The predicted octanol–water partition coefficient (Wildman–Crippen LogP) is 0.706. The van der Waals surface area contributed by atoms with Gasteiger partial charge in [-0.1, -0.05) is 24.3 Å². The summed E-state index contributed by atoms with van der Waals surface area (Å²) < 4.78 is 0. The van der Waals surface area contributed by atoms with Crippen molar-refractivity contribution in [1.29, 1.82) is 0 Å². The molecule has 6 N–H and O–H groups in total. The fourth-order valence-electron chi connectivity index (χ4n) is 2.57. The normalized spacial score (nSPS) is 19.2. The van der Waals surface area contributed by atoms with Crippen LogP contribution in [0.4, 0.5) is 10.6 Å². The molecule has 1 heterocycles. The van der Waals surface area contributed by atoms with Gasteiger partial charge in [-0.2, -0.15) is 0 Å². The second-order valence-electron chi connectivity index (χ2n) is 6.11. The van der Waals surface area contributed by atoms with E-state index >= 15 is 0 Å². The summed E-state index contributed by atoms with van der Waals surface area (Å²) in [4.78, 5) is 39.4. The number of amides is 4. The maximum atomic E-state index is 12.1. The highest BCUT2D eigenvalue weighted by molar-refractivity contribution is 5.97. The number of urea groups is 1. The fourth-order valence-corrected chi connectivity index (χ4v) is 2.57. The zero-order valence-corrected chi connectivity index (χ0v) is 14.1. The lowest BCUT2D eigenvalue weighted by Gasteiger charge is -2.30. The van der Waals surface area contributed by atoms with Crippen LogP contribution >= 0.6 is 0 Å². The first-order valence-corrected chi connectivity index (χ1v) is 7.77. The zero-order chi connectivity index (χ0) is 18.6. The number of aromatic nitrogens is 1. The molecule has 8 heteroatoms. The Kier molecular flexibility index (Phi) is 5.21. The standard InChI is InChI=1S/C17H21N5O3/c1-10(2)21-16(25)22-13-6-5-12(9-20-13)17(15(19)24)7-3-4-11(8-17)14(18)23/h3-7,9-10H,8H2,1-2H3,(H2,18,23)(H2,19,24)(H2,20,21,22,25). The quantitative estimate of drug-likeness (QED) is 0.625. The van der Waals surface area contributed by atoms with Crippen LogP contribution in [0.25, 0.3) is 0 Å². The Balaban J connectivity index is 2.25. The van der Waals surface area contributed by atoms with Gasteiger partial charge in [0.15, 0.2) is 0 Å². The van der Waals surface area contributed by atoms with Gasteiger partial charge in [0.05, 0.1) is 5.41 Å². The van der Waals surface area contributed by atoms with Gasteiger partial charge in [0.1, 0.15) is 5.82 Å². The monoisotopic (exact) mass is 343 g/mol. The van der Waals surface area contributed by atoms with E-state index in [1.807, 2.05) is 13.8 Å². The highest BCUT2D eigenvalue weighted by atomic mass is 16.2. The SMILES string of the molecule is CC(C)NC(=O)Nc1ccc(C2(C(N)=O)C=CC=C(C(N)=O)C2)cn1. The number of allylic oxidation sites excluding steroid dienone is 2. The molecule has 1 aromatic rings. The Morgan fingerprint density at radius 2 is 1.96 bits per heavy atom. The van der Waals surface area contributed by atoms with Crippen molar-refractivity contribution in [2.45, 2.75) is 31.7 Å². The minimum Gasteiger partial charge on any atom is -0.369 e. The number of nitrogens with one attached hydrogen (secondary N) is 2. The molecule has 1 unspecified atom stereocenters. The Bertz CT molecular complexity index is 752. The molecule has 8 nitrogen and oxygen atoms in total. The van der Waals surface area contributed by atoms with Crippen LogP contribution in [0.1, 0.15) is 25.8 Å². The largest absolute Gasteiger partial charge is 0.369 e. The lowest BCUT2D eigenvalue weighted by Crippen LogP contribution is -2.42. The van der Waals surface area contributed by atoms with Gasteiger partial charge in [-0.05, 0) is 31.9 Å². The zero-order valence-electron chi connectivity index (χ0n) is 14.1. The molecule has 0 saturated carbocycles. The Labute approximate surface area is 145 Å². The van der Waals surface area contributed by atoms with Crippen LogP contribution < -0.4 is 22.1 Å². The second-order valence-corrected chi connectivity index (χ2v) is 6.11. The van der Waals surface area contributed by atoms with Crippen LogP contribution in [0.5, 0.6) is 0 Å². The van der Waals surface area contributed by atoms with Crippen molar-refractivity contribution in [2.75, 3.05) is 5.32 Å². The Morgan fingerprint density at radius 3 is 2.48 bits per heavy atom. The van der Waals surface area contributed by atoms with E-state index in [-0.39, 0.29) is 18.5 Å². The number of nitrogens with zero attached hydrogens (tertiary/aromatic N) is 1. The van der Waals surface area contributed by atoms with Gasteiger partial charge in [-0.15, -0.1) is 0 Å². The van der Waals surface area contributed by atoms with Crippen LogP contribution in [-0.2, 0) is 15.0 Å². The van der Waals surface area contributed by atoms with Crippen molar-refractivity contribution in [1.82, 2.24) is 10.3 Å². The molecule has 1 aromatic heterocycles. The highest BCUT2D eigenvalue weighted by Crippen LogP contribution is 2.35. The van der Waals surface area contributed by atoms with Gasteiger partial charge < -0.3 is 16.8 Å². The Morgan fingerprint density at radius 1 is 1.24 bits per heavy atom. The molecule has 1 atom stereocenters.